The van der Waals surface area contributed by atoms with Gasteiger partial charge in [0.05, 0.1) is 0 Å². The van der Waals surface area contributed by atoms with Crippen molar-refractivity contribution in [3.05, 3.63) is 148 Å². The number of aryl methyl sites for hydroxylation is 4. The van der Waals surface area contributed by atoms with Crippen LogP contribution < -0.4 is 5.30 Å². The SMILES string of the molecule is Cc1cccc(C)c1-c1cccc(-c2c(C)cccc2C)c1P1C(c2ccc(C(C)(C)C)cc2)CC(=O)CC1c1ccc(C(C)(C)C)cc1. The molecule has 1 aliphatic heterocycles. The monoisotopic (exact) mass is 664 g/mol. The smallest absolute Gasteiger partial charge is 0.134 e. The van der Waals surface area contributed by atoms with Crippen LogP contribution in [0.1, 0.15) is 110 Å². The fourth-order valence-electron chi connectivity index (χ4n) is 7.91. The van der Waals surface area contributed by atoms with Crippen LogP contribution in [0.3, 0.4) is 0 Å². The molecule has 1 fully saturated rings. The molecular weight excluding hydrogens is 611 g/mol. The molecule has 5 aromatic carbocycles. The average molecular weight is 665 g/mol. The Morgan fingerprint density at radius 2 is 0.816 bits per heavy atom. The van der Waals surface area contributed by atoms with Gasteiger partial charge < -0.3 is 0 Å². The van der Waals surface area contributed by atoms with Crippen LogP contribution in [0.2, 0.25) is 0 Å². The second kappa shape index (κ2) is 13.5. The van der Waals surface area contributed by atoms with Crippen LogP contribution in [0.5, 0.6) is 0 Å². The molecule has 2 heteroatoms. The van der Waals surface area contributed by atoms with Crippen LogP contribution >= 0.6 is 7.92 Å². The lowest BCUT2D eigenvalue weighted by Crippen LogP contribution is -2.26. The second-order valence-corrected chi connectivity index (χ2v) is 18.9. The molecule has 1 saturated heterocycles. The van der Waals surface area contributed by atoms with Gasteiger partial charge in [-0.15, -0.1) is 0 Å². The summed E-state index contributed by atoms with van der Waals surface area (Å²) in [5.41, 5.74) is 16.0. The van der Waals surface area contributed by atoms with Crippen molar-refractivity contribution in [3.8, 4) is 22.3 Å². The van der Waals surface area contributed by atoms with E-state index in [4.69, 9.17) is 0 Å². The highest BCUT2D eigenvalue weighted by atomic mass is 31.1. The molecule has 49 heavy (non-hydrogen) atoms. The molecular formula is C47H53OP. The Labute approximate surface area is 297 Å². The molecule has 1 nitrogen and oxygen atoms in total. The van der Waals surface area contributed by atoms with Gasteiger partial charge in [0.15, 0.2) is 0 Å². The highest BCUT2D eigenvalue weighted by Crippen LogP contribution is 2.68. The molecule has 0 spiro atoms. The first-order valence-electron chi connectivity index (χ1n) is 17.9. The van der Waals surface area contributed by atoms with E-state index in [9.17, 15) is 4.79 Å². The van der Waals surface area contributed by atoms with Crippen LogP contribution in [0, 0.1) is 27.7 Å². The molecule has 1 aliphatic rings. The van der Waals surface area contributed by atoms with Crippen molar-refractivity contribution in [2.24, 2.45) is 0 Å². The van der Waals surface area contributed by atoms with E-state index in [-0.39, 0.29) is 22.1 Å². The van der Waals surface area contributed by atoms with Gasteiger partial charge in [0.2, 0.25) is 0 Å². The summed E-state index contributed by atoms with van der Waals surface area (Å²) >= 11 is 0. The first-order valence-corrected chi connectivity index (χ1v) is 19.4. The van der Waals surface area contributed by atoms with E-state index in [1.807, 2.05) is 0 Å². The maximum Gasteiger partial charge on any atom is 0.134 e. The third-order valence-corrected chi connectivity index (χ3v) is 13.9. The van der Waals surface area contributed by atoms with E-state index in [0.29, 0.717) is 18.6 Å². The maximum atomic E-state index is 14.0. The zero-order chi connectivity index (χ0) is 35.2. The summed E-state index contributed by atoms with van der Waals surface area (Å²) in [6.45, 7) is 22.6. The normalized spacial score (nSPS) is 18.5. The Hall–Kier alpha value is -3.80. The quantitative estimate of drug-likeness (QED) is 0.171. The lowest BCUT2D eigenvalue weighted by Gasteiger charge is -2.41. The number of Topliss-reactive ketones (excluding diaryl/α,β-unsaturated/α-hetero) is 1. The van der Waals surface area contributed by atoms with Crippen LogP contribution in [-0.4, -0.2) is 5.78 Å². The molecule has 6 rings (SSSR count). The second-order valence-electron chi connectivity index (χ2n) is 16.4. The van der Waals surface area contributed by atoms with E-state index in [1.165, 1.54) is 72.1 Å². The van der Waals surface area contributed by atoms with Crippen molar-refractivity contribution in [2.45, 2.75) is 104 Å². The highest BCUT2D eigenvalue weighted by Gasteiger charge is 2.42. The van der Waals surface area contributed by atoms with Gasteiger partial charge in [0, 0.05) is 24.2 Å². The molecule has 0 aliphatic carbocycles. The fourth-order valence-corrected chi connectivity index (χ4v) is 11.7. The van der Waals surface area contributed by atoms with Crippen LogP contribution in [0.4, 0.5) is 0 Å². The molecule has 0 bridgehead atoms. The van der Waals surface area contributed by atoms with Crippen LogP contribution in [-0.2, 0) is 15.6 Å². The van der Waals surface area contributed by atoms with E-state index in [0.717, 1.165) is 0 Å². The first kappa shape index (κ1) is 35.0. The topological polar surface area (TPSA) is 17.1 Å². The highest BCUT2D eigenvalue weighted by molar-refractivity contribution is 7.67. The lowest BCUT2D eigenvalue weighted by molar-refractivity contribution is -0.119. The van der Waals surface area contributed by atoms with Gasteiger partial charge in [-0.1, -0.05) is 153 Å². The Morgan fingerprint density at radius 1 is 0.490 bits per heavy atom. The van der Waals surface area contributed by atoms with Crippen molar-refractivity contribution in [1.29, 1.82) is 0 Å². The Kier molecular flexibility index (Phi) is 9.65. The third-order valence-electron chi connectivity index (χ3n) is 10.6. The summed E-state index contributed by atoms with van der Waals surface area (Å²) < 4.78 is 0. The minimum absolute atomic E-state index is 0.0630. The van der Waals surface area contributed by atoms with Crippen molar-refractivity contribution < 1.29 is 4.79 Å². The summed E-state index contributed by atoms with van der Waals surface area (Å²) in [4.78, 5) is 14.0. The van der Waals surface area contributed by atoms with E-state index in [1.54, 1.807) is 0 Å². The molecule has 2 atom stereocenters. The Balaban J connectivity index is 1.69. The van der Waals surface area contributed by atoms with Gasteiger partial charge in [-0.25, -0.2) is 0 Å². The van der Waals surface area contributed by atoms with Gasteiger partial charge in [-0.05, 0) is 111 Å². The van der Waals surface area contributed by atoms with E-state index in [2.05, 4.69) is 172 Å². The number of carbonyl (C=O) groups is 1. The zero-order valence-corrected chi connectivity index (χ0v) is 32.1. The minimum Gasteiger partial charge on any atom is -0.300 e. The maximum absolute atomic E-state index is 14.0. The summed E-state index contributed by atoms with van der Waals surface area (Å²) in [5, 5.41) is 1.44. The summed E-state index contributed by atoms with van der Waals surface area (Å²) in [7, 11) is -0.908. The van der Waals surface area contributed by atoms with Gasteiger partial charge >= 0.3 is 0 Å². The van der Waals surface area contributed by atoms with Crippen LogP contribution in [0.15, 0.2) is 103 Å². The van der Waals surface area contributed by atoms with E-state index >= 15 is 0 Å². The third kappa shape index (κ3) is 6.98. The minimum atomic E-state index is -0.908. The van der Waals surface area contributed by atoms with Crippen molar-refractivity contribution >= 4 is 19.0 Å². The molecule has 0 amide bonds. The molecule has 2 unspecified atom stereocenters. The Morgan fingerprint density at radius 3 is 1.14 bits per heavy atom. The summed E-state index contributed by atoms with van der Waals surface area (Å²) in [6, 6.07) is 38.9. The molecule has 252 valence electrons. The standard InChI is InChI=1S/C47H53OP/c1-30-14-11-15-31(2)43(30)39-18-13-19-40(44-32(3)16-12-17-33(44)4)45(39)49-41(34-20-24-36(25-21-34)46(5,6)7)28-38(48)29-42(49)35-22-26-37(27-23-35)47(8,9)10/h11-27,41-42H,28-29H2,1-10H3. The molecule has 1 heterocycles. The van der Waals surface area contributed by atoms with E-state index < -0.39 is 7.92 Å². The largest absolute Gasteiger partial charge is 0.300 e. The number of carbonyl (C=O) groups excluding carboxylic acids is 1. The number of ketones is 1. The molecule has 0 saturated carbocycles. The predicted molar refractivity (Wildman–Crippen MR) is 213 cm³/mol. The Bertz CT molecular complexity index is 1800. The van der Waals surface area contributed by atoms with Crippen molar-refractivity contribution in [3.63, 3.8) is 0 Å². The van der Waals surface area contributed by atoms with Crippen molar-refractivity contribution in [2.75, 3.05) is 0 Å². The first-order chi connectivity index (χ1) is 23.1. The van der Waals surface area contributed by atoms with Gasteiger partial charge in [0.1, 0.15) is 5.78 Å². The predicted octanol–water partition coefficient (Wildman–Crippen LogP) is 12.8. The molecule has 0 aromatic heterocycles. The number of hydrogen-bond acceptors (Lipinski definition) is 1. The summed E-state index contributed by atoms with van der Waals surface area (Å²) in [5.74, 6) is 0.367. The van der Waals surface area contributed by atoms with Crippen LogP contribution in [0.25, 0.3) is 22.3 Å². The average Bonchev–Trinajstić information content (AvgIpc) is 3.04. The fraction of sp³-hybridized carbons (Fsp3) is 0.340. The van der Waals surface area contributed by atoms with Gasteiger partial charge in [-0.2, -0.15) is 0 Å². The molecule has 0 N–H and O–H groups in total. The summed E-state index contributed by atoms with van der Waals surface area (Å²) in [6.07, 6.45) is 1.15. The number of hydrogen-bond donors (Lipinski definition) is 0. The zero-order valence-electron chi connectivity index (χ0n) is 31.2. The molecule has 5 aromatic rings. The molecule has 0 radical (unpaired) electrons. The van der Waals surface area contributed by atoms with Crippen molar-refractivity contribution in [1.82, 2.24) is 0 Å². The number of benzene rings is 5. The number of rotatable bonds is 5. The van der Waals surface area contributed by atoms with Gasteiger partial charge in [0.25, 0.3) is 0 Å². The lowest BCUT2D eigenvalue weighted by atomic mass is 9.86. The van der Waals surface area contributed by atoms with Gasteiger partial charge in [-0.3, -0.25) is 4.79 Å².